The van der Waals surface area contributed by atoms with Crippen LogP contribution in [0.2, 0.25) is 0 Å². The van der Waals surface area contributed by atoms with Crippen LogP contribution < -0.4 is 0 Å². The standard InChI is InChI=1S/C56H106O6/c1-4-7-10-13-16-19-22-24-26-28-30-32-34-37-40-43-46-49-55(58)61-52-53(51-60-54(57)48-45-42-39-36-21-18-15-12-9-6-3)62-56(59)50-47-44-41-38-35-33-31-29-27-25-23-20-17-14-11-8-5-2/h24,26,53H,4-23,25,27-52H2,1-3H3/b26-24-. The fraction of sp³-hybridized carbons (Fsp3) is 0.911. The maximum atomic E-state index is 12.8. The largest absolute Gasteiger partial charge is 0.462 e. The van der Waals surface area contributed by atoms with Gasteiger partial charge in [0, 0.05) is 19.3 Å². The molecule has 1 unspecified atom stereocenters. The molecule has 1 atom stereocenters. The molecule has 0 spiro atoms. The van der Waals surface area contributed by atoms with Gasteiger partial charge in [0.15, 0.2) is 6.10 Å². The van der Waals surface area contributed by atoms with Crippen LogP contribution in [-0.4, -0.2) is 37.2 Å². The number of carbonyl (C=O) groups excluding carboxylic acids is 3. The van der Waals surface area contributed by atoms with Crippen molar-refractivity contribution in [3.63, 3.8) is 0 Å². The van der Waals surface area contributed by atoms with Crippen molar-refractivity contribution in [3.8, 4) is 0 Å². The zero-order valence-electron chi connectivity index (χ0n) is 41.9. The molecule has 0 N–H and O–H groups in total. The smallest absolute Gasteiger partial charge is 0.306 e. The number of hydrogen-bond acceptors (Lipinski definition) is 6. The Bertz CT molecular complexity index is 962. The third kappa shape index (κ3) is 49.2. The second kappa shape index (κ2) is 51.8. The lowest BCUT2D eigenvalue weighted by Gasteiger charge is -2.18. The van der Waals surface area contributed by atoms with Gasteiger partial charge in [-0.1, -0.05) is 258 Å². The molecule has 0 radical (unpaired) electrons. The Balaban J connectivity index is 4.27. The normalized spacial score (nSPS) is 12.0. The van der Waals surface area contributed by atoms with Crippen LogP contribution in [0, 0.1) is 0 Å². The van der Waals surface area contributed by atoms with Crippen molar-refractivity contribution in [2.75, 3.05) is 13.2 Å². The van der Waals surface area contributed by atoms with E-state index in [1.165, 1.54) is 212 Å². The fourth-order valence-corrected chi connectivity index (χ4v) is 8.32. The summed E-state index contributed by atoms with van der Waals surface area (Å²) in [6.45, 7) is 6.67. The van der Waals surface area contributed by atoms with Gasteiger partial charge in [-0.3, -0.25) is 14.4 Å². The molecule has 0 aromatic rings. The van der Waals surface area contributed by atoms with Gasteiger partial charge in [-0.25, -0.2) is 0 Å². The zero-order valence-corrected chi connectivity index (χ0v) is 41.9. The Hall–Kier alpha value is -1.85. The summed E-state index contributed by atoms with van der Waals surface area (Å²) in [6, 6.07) is 0. The number of unbranched alkanes of at least 4 members (excludes halogenated alkanes) is 38. The van der Waals surface area contributed by atoms with Gasteiger partial charge < -0.3 is 14.2 Å². The van der Waals surface area contributed by atoms with Gasteiger partial charge in [0.25, 0.3) is 0 Å². The van der Waals surface area contributed by atoms with E-state index in [1.54, 1.807) is 0 Å². The van der Waals surface area contributed by atoms with Crippen LogP contribution in [0.1, 0.15) is 310 Å². The molecule has 0 bridgehead atoms. The zero-order chi connectivity index (χ0) is 45.1. The highest BCUT2D eigenvalue weighted by molar-refractivity contribution is 5.71. The second-order valence-corrected chi connectivity index (χ2v) is 18.9. The van der Waals surface area contributed by atoms with E-state index in [4.69, 9.17) is 14.2 Å². The van der Waals surface area contributed by atoms with E-state index in [1.807, 2.05) is 0 Å². The molecule has 0 aliphatic rings. The van der Waals surface area contributed by atoms with Crippen molar-refractivity contribution in [2.45, 2.75) is 316 Å². The van der Waals surface area contributed by atoms with Gasteiger partial charge in [-0.15, -0.1) is 0 Å². The Kier molecular flexibility index (Phi) is 50.2. The molecule has 0 fully saturated rings. The number of hydrogen-bond donors (Lipinski definition) is 0. The van der Waals surface area contributed by atoms with Crippen molar-refractivity contribution in [3.05, 3.63) is 12.2 Å². The maximum absolute atomic E-state index is 12.8. The Labute approximate surface area is 386 Å². The van der Waals surface area contributed by atoms with Gasteiger partial charge in [0.05, 0.1) is 0 Å². The summed E-state index contributed by atoms with van der Waals surface area (Å²) < 4.78 is 16.8. The molecule has 0 aromatic heterocycles. The van der Waals surface area contributed by atoms with Crippen molar-refractivity contribution >= 4 is 17.9 Å². The number of ether oxygens (including phenoxy) is 3. The van der Waals surface area contributed by atoms with Gasteiger partial charge in [0.1, 0.15) is 13.2 Å². The molecule has 0 aliphatic heterocycles. The quantitative estimate of drug-likeness (QED) is 0.0262. The maximum Gasteiger partial charge on any atom is 0.306 e. The summed E-state index contributed by atoms with van der Waals surface area (Å²) in [5.41, 5.74) is 0. The monoisotopic (exact) mass is 875 g/mol. The average Bonchev–Trinajstić information content (AvgIpc) is 3.27. The molecule has 0 aromatic carbocycles. The molecule has 0 heterocycles. The van der Waals surface area contributed by atoms with Gasteiger partial charge >= 0.3 is 17.9 Å². The lowest BCUT2D eigenvalue weighted by molar-refractivity contribution is -0.167. The first-order chi connectivity index (χ1) is 30.5. The van der Waals surface area contributed by atoms with Crippen LogP contribution in [0.4, 0.5) is 0 Å². The Morgan fingerprint density at radius 3 is 0.806 bits per heavy atom. The Morgan fingerprint density at radius 1 is 0.306 bits per heavy atom. The van der Waals surface area contributed by atoms with Crippen LogP contribution in [0.3, 0.4) is 0 Å². The first-order valence-corrected chi connectivity index (χ1v) is 27.7. The lowest BCUT2D eigenvalue weighted by Crippen LogP contribution is -2.30. The molecule has 0 rings (SSSR count). The lowest BCUT2D eigenvalue weighted by atomic mass is 10.0. The molecule has 0 saturated carbocycles. The topological polar surface area (TPSA) is 78.9 Å². The number of esters is 3. The van der Waals surface area contributed by atoms with E-state index in [0.29, 0.717) is 19.3 Å². The minimum absolute atomic E-state index is 0.0659. The van der Waals surface area contributed by atoms with Gasteiger partial charge in [0.2, 0.25) is 0 Å². The minimum Gasteiger partial charge on any atom is -0.462 e. The number of carbonyl (C=O) groups is 3. The van der Waals surface area contributed by atoms with Crippen LogP contribution in [0.15, 0.2) is 12.2 Å². The SMILES string of the molecule is CCCCCCCC/C=C\CCCCCCCCCC(=O)OCC(COC(=O)CCCCCCCCCCCC)OC(=O)CCCCCCCCCCCCCCCCCCC. The van der Waals surface area contributed by atoms with Crippen LogP contribution in [-0.2, 0) is 28.6 Å². The van der Waals surface area contributed by atoms with Crippen molar-refractivity contribution in [1.82, 2.24) is 0 Å². The van der Waals surface area contributed by atoms with Crippen LogP contribution >= 0.6 is 0 Å². The molecule has 366 valence electrons. The van der Waals surface area contributed by atoms with E-state index >= 15 is 0 Å². The first-order valence-electron chi connectivity index (χ1n) is 27.7. The first kappa shape index (κ1) is 60.2. The third-order valence-electron chi connectivity index (χ3n) is 12.5. The molecule has 6 heteroatoms. The molecule has 6 nitrogen and oxygen atoms in total. The fourth-order valence-electron chi connectivity index (χ4n) is 8.32. The van der Waals surface area contributed by atoms with Gasteiger partial charge in [-0.2, -0.15) is 0 Å². The minimum atomic E-state index is -0.765. The summed E-state index contributed by atoms with van der Waals surface area (Å²) in [5, 5.41) is 0. The molecule has 0 amide bonds. The number of allylic oxidation sites excluding steroid dienone is 2. The van der Waals surface area contributed by atoms with Crippen LogP contribution in [0.25, 0.3) is 0 Å². The van der Waals surface area contributed by atoms with Crippen molar-refractivity contribution in [1.29, 1.82) is 0 Å². The van der Waals surface area contributed by atoms with E-state index in [9.17, 15) is 14.4 Å². The van der Waals surface area contributed by atoms with Crippen LogP contribution in [0.5, 0.6) is 0 Å². The Morgan fingerprint density at radius 2 is 0.532 bits per heavy atom. The molecule has 0 saturated heterocycles. The van der Waals surface area contributed by atoms with E-state index in [2.05, 4.69) is 32.9 Å². The molecular formula is C56H106O6. The number of rotatable bonds is 51. The molecule has 0 aliphatic carbocycles. The average molecular weight is 875 g/mol. The predicted octanol–water partition coefficient (Wildman–Crippen LogP) is 18.2. The van der Waals surface area contributed by atoms with Crippen molar-refractivity contribution < 1.29 is 28.6 Å². The highest BCUT2D eigenvalue weighted by Gasteiger charge is 2.19. The summed E-state index contributed by atoms with van der Waals surface area (Å²) in [6.07, 6.45) is 57.7. The summed E-state index contributed by atoms with van der Waals surface area (Å²) in [5.74, 6) is -0.851. The predicted molar refractivity (Wildman–Crippen MR) is 266 cm³/mol. The summed E-state index contributed by atoms with van der Waals surface area (Å²) >= 11 is 0. The summed E-state index contributed by atoms with van der Waals surface area (Å²) in [7, 11) is 0. The van der Waals surface area contributed by atoms with E-state index in [0.717, 1.165) is 57.8 Å². The summed E-state index contributed by atoms with van der Waals surface area (Å²) in [4.78, 5) is 38.0. The van der Waals surface area contributed by atoms with Crippen molar-refractivity contribution in [2.24, 2.45) is 0 Å². The third-order valence-corrected chi connectivity index (χ3v) is 12.5. The second-order valence-electron chi connectivity index (χ2n) is 18.9. The van der Waals surface area contributed by atoms with Gasteiger partial charge in [-0.05, 0) is 44.9 Å². The van der Waals surface area contributed by atoms with E-state index in [-0.39, 0.29) is 31.1 Å². The highest BCUT2D eigenvalue weighted by Crippen LogP contribution is 2.17. The molecule has 62 heavy (non-hydrogen) atoms. The highest BCUT2D eigenvalue weighted by atomic mass is 16.6. The van der Waals surface area contributed by atoms with E-state index < -0.39 is 6.10 Å². The molecular weight excluding hydrogens is 769 g/mol.